The fourth-order valence-corrected chi connectivity index (χ4v) is 3.43. The van der Waals surface area contributed by atoms with Crippen LogP contribution in [0, 0.1) is 6.92 Å². The number of benzene rings is 2. The lowest BCUT2D eigenvalue weighted by Crippen LogP contribution is -2.42. The molecule has 27 heavy (non-hydrogen) atoms. The summed E-state index contributed by atoms with van der Waals surface area (Å²) in [5, 5.41) is 15.4. The highest BCUT2D eigenvalue weighted by Gasteiger charge is 2.62. The fraction of sp³-hybridized carbons (Fsp3) is 0.222. The Kier molecular flexibility index (Phi) is 5.10. The van der Waals surface area contributed by atoms with E-state index in [9.17, 15) is 13.2 Å². The third-order valence-electron chi connectivity index (χ3n) is 4.31. The Balaban J connectivity index is 2.01. The SMILES string of the molecule is Cc1cc(C2=NOC(c3cc(Cl)cc(Cl)c3)(C(F)(F)F)C2)ccc1/C=N/O. The minimum atomic E-state index is -4.75. The first-order valence-electron chi connectivity index (χ1n) is 7.73. The quantitative estimate of drug-likeness (QED) is 0.396. The van der Waals surface area contributed by atoms with Gasteiger partial charge < -0.3 is 10.0 Å². The molecule has 0 radical (unpaired) electrons. The number of alkyl halides is 3. The average molecular weight is 417 g/mol. The van der Waals surface area contributed by atoms with Crippen LogP contribution in [0.4, 0.5) is 13.2 Å². The molecule has 3 rings (SSSR count). The third-order valence-corrected chi connectivity index (χ3v) is 4.75. The van der Waals surface area contributed by atoms with Gasteiger partial charge >= 0.3 is 6.18 Å². The summed E-state index contributed by atoms with van der Waals surface area (Å²) in [4.78, 5) is 4.97. The van der Waals surface area contributed by atoms with E-state index in [1.807, 2.05) is 0 Å². The Labute approximate surface area is 162 Å². The second-order valence-electron chi connectivity index (χ2n) is 6.10. The number of nitrogens with zero attached hydrogens (tertiary/aromatic N) is 2. The Morgan fingerprint density at radius 2 is 1.85 bits per heavy atom. The van der Waals surface area contributed by atoms with Crippen molar-refractivity contribution in [2.24, 2.45) is 10.3 Å². The molecule has 142 valence electrons. The summed E-state index contributed by atoms with van der Waals surface area (Å²) in [5.74, 6) is 0. The molecule has 0 aromatic heterocycles. The van der Waals surface area contributed by atoms with Crippen LogP contribution >= 0.6 is 23.2 Å². The Morgan fingerprint density at radius 3 is 2.41 bits per heavy atom. The Hall–Kier alpha value is -2.25. The highest BCUT2D eigenvalue weighted by molar-refractivity contribution is 6.34. The first-order chi connectivity index (χ1) is 12.7. The molecule has 2 aromatic carbocycles. The number of oxime groups is 2. The molecule has 1 atom stereocenters. The van der Waals surface area contributed by atoms with Crippen molar-refractivity contribution in [2.75, 3.05) is 0 Å². The lowest BCUT2D eigenvalue weighted by Gasteiger charge is -2.29. The van der Waals surface area contributed by atoms with Gasteiger partial charge in [-0.15, -0.1) is 0 Å². The largest absolute Gasteiger partial charge is 0.435 e. The van der Waals surface area contributed by atoms with E-state index >= 15 is 0 Å². The number of rotatable bonds is 3. The molecule has 0 fully saturated rings. The summed E-state index contributed by atoms with van der Waals surface area (Å²) >= 11 is 11.8. The molecule has 0 bridgehead atoms. The molecule has 1 N–H and O–H groups in total. The van der Waals surface area contributed by atoms with E-state index < -0.39 is 18.2 Å². The van der Waals surface area contributed by atoms with E-state index in [0.717, 1.165) is 0 Å². The van der Waals surface area contributed by atoms with Crippen LogP contribution in [0.2, 0.25) is 10.0 Å². The van der Waals surface area contributed by atoms with Crippen molar-refractivity contribution >= 4 is 35.1 Å². The van der Waals surface area contributed by atoms with Crippen molar-refractivity contribution < 1.29 is 23.2 Å². The second kappa shape index (κ2) is 7.05. The first-order valence-corrected chi connectivity index (χ1v) is 8.49. The summed E-state index contributed by atoms with van der Waals surface area (Å²) in [7, 11) is 0. The molecule has 0 spiro atoms. The van der Waals surface area contributed by atoms with Gasteiger partial charge in [0.15, 0.2) is 0 Å². The van der Waals surface area contributed by atoms with E-state index in [0.29, 0.717) is 16.7 Å². The molecule has 9 heteroatoms. The Morgan fingerprint density at radius 1 is 1.19 bits per heavy atom. The van der Waals surface area contributed by atoms with E-state index in [1.54, 1.807) is 25.1 Å². The number of aryl methyl sites for hydroxylation is 1. The molecule has 1 aliphatic heterocycles. The maximum atomic E-state index is 14.0. The summed E-state index contributed by atoms with van der Waals surface area (Å²) in [6, 6.07) is 8.55. The molecular formula is C18H13Cl2F3N2O2. The van der Waals surface area contributed by atoms with Crippen molar-refractivity contribution in [2.45, 2.75) is 25.1 Å². The highest BCUT2D eigenvalue weighted by atomic mass is 35.5. The predicted molar refractivity (Wildman–Crippen MR) is 97.0 cm³/mol. The molecule has 2 aromatic rings. The molecule has 1 unspecified atom stereocenters. The maximum Gasteiger partial charge on any atom is 0.435 e. The number of halogens is 5. The lowest BCUT2D eigenvalue weighted by atomic mass is 9.86. The van der Waals surface area contributed by atoms with Crippen LogP contribution in [-0.2, 0) is 10.4 Å². The second-order valence-corrected chi connectivity index (χ2v) is 6.98. The van der Waals surface area contributed by atoms with Gasteiger partial charge in [0.05, 0.1) is 11.9 Å². The summed E-state index contributed by atoms with van der Waals surface area (Å²) < 4.78 is 41.9. The maximum absolute atomic E-state index is 14.0. The molecule has 0 amide bonds. The predicted octanol–water partition coefficient (Wildman–Crippen LogP) is 5.69. The first kappa shape index (κ1) is 19.5. The summed E-state index contributed by atoms with van der Waals surface area (Å²) in [6.07, 6.45) is -4.04. The van der Waals surface area contributed by atoms with Crippen LogP contribution in [0.3, 0.4) is 0 Å². The minimum absolute atomic E-state index is 0.0710. The van der Waals surface area contributed by atoms with Crippen molar-refractivity contribution in [1.82, 2.24) is 0 Å². The van der Waals surface area contributed by atoms with Crippen LogP contribution in [0.15, 0.2) is 46.7 Å². The topological polar surface area (TPSA) is 54.2 Å². The van der Waals surface area contributed by atoms with Crippen molar-refractivity contribution in [3.8, 4) is 0 Å². The van der Waals surface area contributed by atoms with Crippen molar-refractivity contribution in [1.29, 1.82) is 0 Å². The Bertz CT molecular complexity index is 924. The number of hydrogen-bond donors (Lipinski definition) is 1. The van der Waals surface area contributed by atoms with Gasteiger partial charge in [-0.1, -0.05) is 45.6 Å². The van der Waals surface area contributed by atoms with Gasteiger partial charge in [0, 0.05) is 22.0 Å². The summed E-state index contributed by atoms with van der Waals surface area (Å²) in [6.45, 7) is 1.74. The van der Waals surface area contributed by atoms with Gasteiger partial charge in [-0.25, -0.2) is 0 Å². The molecule has 0 saturated heterocycles. The zero-order chi connectivity index (χ0) is 19.8. The smallest absolute Gasteiger partial charge is 0.411 e. The van der Waals surface area contributed by atoms with Crippen LogP contribution in [-0.4, -0.2) is 23.3 Å². The molecule has 0 saturated carbocycles. The summed E-state index contributed by atoms with van der Waals surface area (Å²) in [5.41, 5.74) is -0.934. The van der Waals surface area contributed by atoms with Crippen LogP contribution < -0.4 is 0 Å². The third kappa shape index (κ3) is 3.61. The normalized spacial score (nSPS) is 20.0. The van der Waals surface area contributed by atoms with E-state index in [2.05, 4.69) is 10.3 Å². The van der Waals surface area contributed by atoms with Gasteiger partial charge in [-0.2, -0.15) is 13.2 Å². The molecular weight excluding hydrogens is 404 g/mol. The van der Waals surface area contributed by atoms with Crippen LogP contribution in [0.25, 0.3) is 0 Å². The molecule has 4 nitrogen and oxygen atoms in total. The van der Waals surface area contributed by atoms with Gasteiger partial charge in [-0.3, -0.25) is 0 Å². The van der Waals surface area contributed by atoms with E-state index in [4.69, 9.17) is 33.2 Å². The monoisotopic (exact) mass is 416 g/mol. The molecule has 0 aliphatic carbocycles. The van der Waals surface area contributed by atoms with E-state index in [-0.39, 0.29) is 21.3 Å². The standard InChI is InChI=1S/C18H13Cl2F3N2O2/c1-10-4-11(2-3-12(10)9-24-26)16-8-17(27-25-16,18(21,22)23)13-5-14(19)7-15(20)6-13/h2-7,9,26H,8H2,1H3/b24-9+. The van der Waals surface area contributed by atoms with Crippen LogP contribution in [0.5, 0.6) is 0 Å². The minimum Gasteiger partial charge on any atom is -0.411 e. The van der Waals surface area contributed by atoms with Gasteiger partial charge in [0.1, 0.15) is 0 Å². The highest BCUT2D eigenvalue weighted by Crippen LogP contribution is 2.49. The average Bonchev–Trinajstić information content (AvgIpc) is 3.02. The van der Waals surface area contributed by atoms with Gasteiger partial charge in [0.25, 0.3) is 5.60 Å². The zero-order valence-electron chi connectivity index (χ0n) is 13.9. The van der Waals surface area contributed by atoms with Gasteiger partial charge in [0.2, 0.25) is 0 Å². The van der Waals surface area contributed by atoms with Crippen molar-refractivity contribution in [3.05, 3.63) is 68.7 Å². The van der Waals surface area contributed by atoms with Gasteiger partial charge in [-0.05, 0) is 47.9 Å². The fourth-order valence-electron chi connectivity index (χ4n) is 2.91. The van der Waals surface area contributed by atoms with Crippen LogP contribution in [0.1, 0.15) is 28.7 Å². The number of hydrogen-bond acceptors (Lipinski definition) is 4. The zero-order valence-corrected chi connectivity index (χ0v) is 15.4. The lowest BCUT2D eigenvalue weighted by molar-refractivity contribution is -0.275. The van der Waals surface area contributed by atoms with E-state index in [1.165, 1.54) is 24.4 Å². The molecule has 1 aliphatic rings. The molecule has 1 heterocycles. The van der Waals surface area contributed by atoms with Crippen molar-refractivity contribution in [3.63, 3.8) is 0 Å².